The average Bonchev–Trinajstić information content (AvgIpc) is 3.05. The molecular formula is C27H38N2O3. The number of allylic oxidation sites excluding steroid dienone is 1. The summed E-state index contributed by atoms with van der Waals surface area (Å²) in [7, 11) is 0. The average molecular weight is 439 g/mol. The summed E-state index contributed by atoms with van der Waals surface area (Å²) < 4.78 is 5.87. The number of anilines is 1. The zero-order valence-corrected chi connectivity index (χ0v) is 20.0. The van der Waals surface area contributed by atoms with Gasteiger partial charge in [-0.3, -0.25) is 9.69 Å². The molecule has 4 aliphatic rings. The highest BCUT2D eigenvalue weighted by Gasteiger charge is 2.59. The number of piperazine rings is 1. The van der Waals surface area contributed by atoms with Crippen molar-refractivity contribution in [3.05, 3.63) is 41.5 Å². The van der Waals surface area contributed by atoms with Gasteiger partial charge in [0.05, 0.1) is 12.0 Å². The molecule has 5 rings (SSSR count). The van der Waals surface area contributed by atoms with E-state index in [9.17, 15) is 9.90 Å². The van der Waals surface area contributed by atoms with E-state index in [1.54, 1.807) is 0 Å². The van der Waals surface area contributed by atoms with Gasteiger partial charge in [-0.15, -0.1) is 0 Å². The van der Waals surface area contributed by atoms with Crippen molar-refractivity contribution in [1.82, 2.24) is 4.90 Å². The molecule has 0 spiro atoms. The predicted octanol–water partition coefficient (Wildman–Crippen LogP) is 3.79. The first-order valence-electron chi connectivity index (χ1n) is 12.4. The maximum Gasteiger partial charge on any atom is 0.311 e. The lowest BCUT2D eigenvalue weighted by atomic mass is 9.55. The smallest absolute Gasteiger partial charge is 0.311 e. The summed E-state index contributed by atoms with van der Waals surface area (Å²) >= 11 is 0. The number of fused-ring (bicyclic) bond motifs is 2. The first-order chi connectivity index (χ1) is 15.3. The molecule has 174 valence electrons. The lowest BCUT2D eigenvalue weighted by Crippen LogP contribution is -2.56. The Labute approximate surface area is 192 Å². The lowest BCUT2D eigenvalue weighted by molar-refractivity contribution is -0.145. The van der Waals surface area contributed by atoms with Gasteiger partial charge in [-0.1, -0.05) is 37.6 Å². The van der Waals surface area contributed by atoms with E-state index in [1.165, 1.54) is 16.8 Å². The number of aliphatic hydroxyl groups is 1. The second-order valence-corrected chi connectivity index (χ2v) is 10.9. The van der Waals surface area contributed by atoms with Crippen LogP contribution in [0.4, 0.5) is 5.69 Å². The molecule has 1 aromatic carbocycles. The van der Waals surface area contributed by atoms with Crippen LogP contribution in [-0.2, 0) is 9.53 Å². The van der Waals surface area contributed by atoms with Crippen molar-refractivity contribution < 1.29 is 14.6 Å². The van der Waals surface area contributed by atoms with Gasteiger partial charge in [-0.05, 0) is 50.3 Å². The quantitative estimate of drug-likeness (QED) is 0.575. The molecular weight excluding hydrogens is 400 g/mol. The van der Waals surface area contributed by atoms with Crippen molar-refractivity contribution in [2.45, 2.75) is 65.2 Å². The zero-order valence-electron chi connectivity index (χ0n) is 20.0. The Bertz CT molecular complexity index is 914. The fraction of sp³-hybridized carbons (Fsp3) is 0.667. The second kappa shape index (κ2) is 8.18. The molecule has 5 heteroatoms. The molecule has 0 aromatic heterocycles. The van der Waals surface area contributed by atoms with Crippen LogP contribution in [0.15, 0.2) is 35.9 Å². The number of rotatable bonds is 3. The molecule has 2 aliphatic heterocycles. The molecule has 7 atom stereocenters. The number of esters is 1. The number of benzene rings is 1. The maximum absolute atomic E-state index is 13.0. The number of carbonyl (C=O) groups is 1. The SMILES string of the molecule is Cc1cccc(N2CCN(C[C@@H]3C(=O)O[C@@H]4CC5=CCC[C@H](C)[C@@]5(C)[C@@H](O)[C@@H]34)C[C@@H]2C)c1. The van der Waals surface area contributed by atoms with Gasteiger partial charge in [0.25, 0.3) is 0 Å². The summed E-state index contributed by atoms with van der Waals surface area (Å²) in [6.45, 7) is 12.4. The Morgan fingerprint density at radius 2 is 2.06 bits per heavy atom. The van der Waals surface area contributed by atoms with Gasteiger partial charge < -0.3 is 14.7 Å². The molecule has 0 amide bonds. The molecule has 0 unspecified atom stereocenters. The summed E-state index contributed by atoms with van der Waals surface area (Å²) in [5.41, 5.74) is 3.63. The predicted molar refractivity (Wildman–Crippen MR) is 126 cm³/mol. The number of aryl methyl sites for hydroxylation is 1. The largest absolute Gasteiger partial charge is 0.461 e. The lowest BCUT2D eigenvalue weighted by Gasteiger charge is -2.52. The second-order valence-electron chi connectivity index (χ2n) is 10.9. The summed E-state index contributed by atoms with van der Waals surface area (Å²) in [6.07, 6.45) is 4.57. The Kier molecular flexibility index (Phi) is 5.61. The third-order valence-corrected chi connectivity index (χ3v) is 9.07. The van der Waals surface area contributed by atoms with E-state index in [4.69, 9.17) is 4.74 Å². The molecule has 0 bridgehead atoms. The number of aliphatic hydroxyl groups excluding tert-OH is 1. The Morgan fingerprint density at radius 1 is 1.25 bits per heavy atom. The maximum atomic E-state index is 13.0. The van der Waals surface area contributed by atoms with Crippen LogP contribution in [0.25, 0.3) is 0 Å². The molecule has 1 N–H and O–H groups in total. The topological polar surface area (TPSA) is 53.0 Å². The monoisotopic (exact) mass is 438 g/mol. The summed E-state index contributed by atoms with van der Waals surface area (Å²) in [6, 6.07) is 9.07. The first kappa shape index (κ1) is 22.0. The molecule has 3 fully saturated rings. The van der Waals surface area contributed by atoms with Crippen LogP contribution in [-0.4, -0.2) is 60.4 Å². The van der Waals surface area contributed by atoms with Crippen molar-refractivity contribution in [2.75, 3.05) is 31.1 Å². The highest BCUT2D eigenvalue weighted by Crippen LogP contribution is 2.56. The standard InChI is InChI=1S/C27H38N2O3/c1-17-7-5-10-21(13-17)29-12-11-28(15-19(29)3)16-22-24-23(32-26(22)31)14-20-9-6-8-18(2)27(20,4)25(24)30/h5,7,9-10,13,18-19,22-25,30H,6,8,11-12,14-16H2,1-4H3/t18-,19-,22-,23+,24-,25-,27+/m0/s1. The molecule has 5 nitrogen and oxygen atoms in total. The van der Waals surface area contributed by atoms with Crippen molar-refractivity contribution in [2.24, 2.45) is 23.2 Å². The van der Waals surface area contributed by atoms with E-state index >= 15 is 0 Å². The number of hydrogen-bond acceptors (Lipinski definition) is 5. The van der Waals surface area contributed by atoms with Gasteiger partial charge in [0.2, 0.25) is 0 Å². The minimum Gasteiger partial charge on any atom is -0.461 e. The van der Waals surface area contributed by atoms with Crippen LogP contribution in [0.3, 0.4) is 0 Å². The summed E-state index contributed by atoms with van der Waals surface area (Å²) in [5, 5.41) is 11.6. The molecule has 1 saturated carbocycles. The normalized spacial score (nSPS) is 39.8. The van der Waals surface area contributed by atoms with Crippen LogP contribution >= 0.6 is 0 Å². The number of carbonyl (C=O) groups excluding carboxylic acids is 1. The molecule has 2 saturated heterocycles. The van der Waals surface area contributed by atoms with Crippen LogP contribution in [0.1, 0.15) is 45.6 Å². The first-order valence-corrected chi connectivity index (χ1v) is 12.4. The fourth-order valence-electron chi connectivity index (χ4n) is 6.94. The number of nitrogens with zero attached hydrogens (tertiary/aromatic N) is 2. The van der Waals surface area contributed by atoms with Gasteiger partial charge in [0.15, 0.2) is 0 Å². The van der Waals surface area contributed by atoms with Gasteiger partial charge in [-0.2, -0.15) is 0 Å². The molecule has 2 heterocycles. The van der Waals surface area contributed by atoms with Crippen molar-refractivity contribution in [1.29, 1.82) is 0 Å². The Hall–Kier alpha value is -1.85. The van der Waals surface area contributed by atoms with Crippen LogP contribution in [0.5, 0.6) is 0 Å². The van der Waals surface area contributed by atoms with E-state index in [-0.39, 0.29) is 29.3 Å². The molecule has 1 aromatic rings. The highest BCUT2D eigenvalue weighted by molar-refractivity contribution is 5.76. The Morgan fingerprint density at radius 3 is 2.81 bits per heavy atom. The van der Waals surface area contributed by atoms with Crippen LogP contribution in [0, 0.1) is 30.1 Å². The van der Waals surface area contributed by atoms with Gasteiger partial charge >= 0.3 is 5.97 Å². The molecule has 0 radical (unpaired) electrons. The van der Waals surface area contributed by atoms with Crippen LogP contribution < -0.4 is 4.90 Å². The molecule has 32 heavy (non-hydrogen) atoms. The van der Waals surface area contributed by atoms with E-state index in [1.807, 2.05) is 0 Å². The van der Waals surface area contributed by atoms with Crippen molar-refractivity contribution >= 4 is 11.7 Å². The van der Waals surface area contributed by atoms with Gasteiger partial charge in [0.1, 0.15) is 6.10 Å². The Balaban J connectivity index is 1.30. The van der Waals surface area contributed by atoms with E-state index in [0.717, 1.165) is 38.9 Å². The third kappa shape index (κ3) is 3.49. The van der Waals surface area contributed by atoms with E-state index in [0.29, 0.717) is 18.5 Å². The minimum absolute atomic E-state index is 0.102. The minimum atomic E-state index is -0.523. The van der Waals surface area contributed by atoms with E-state index < -0.39 is 6.10 Å². The fourth-order valence-corrected chi connectivity index (χ4v) is 6.94. The van der Waals surface area contributed by atoms with Crippen molar-refractivity contribution in [3.8, 4) is 0 Å². The third-order valence-electron chi connectivity index (χ3n) is 9.07. The van der Waals surface area contributed by atoms with Gasteiger partial charge in [0, 0.05) is 55.7 Å². The van der Waals surface area contributed by atoms with Crippen LogP contribution in [0.2, 0.25) is 0 Å². The summed E-state index contributed by atoms with van der Waals surface area (Å²) in [4.78, 5) is 17.8. The van der Waals surface area contributed by atoms with E-state index in [2.05, 4.69) is 67.8 Å². The number of ether oxygens (including phenoxy) is 1. The zero-order chi connectivity index (χ0) is 22.6. The highest BCUT2D eigenvalue weighted by atomic mass is 16.6. The number of hydrogen-bond donors (Lipinski definition) is 1. The van der Waals surface area contributed by atoms with Crippen molar-refractivity contribution in [3.63, 3.8) is 0 Å². The van der Waals surface area contributed by atoms with Gasteiger partial charge in [-0.25, -0.2) is 0 Å². The molecule has 2 aliphatic carbocycles. The summed E-state index contributed by atoms with van der Waals surface area (Å²) in [5.74, 6) is -0.0217.